The molecule has 0 amide bonds. The van der Waals surface area contributed by atoms with Crippen LogP contribution in [0.1, 0.15) is 88.0 Å². The molecule has 192 valence electrons. The van der Waals surface area contributed by atoms with Gasteiger partial charge < -0.3 is 5.53 Å². The van der Waals surface area contributed by atoms with Crippen molar-refractivity contribution in [2.45, 2.75) is 90.3 Å². The molecule has 35 heavy (non-hydrogen) atoms. The summed E-state index contributed by atoms with van der Waals surface area (Å²) in [7, 11) is 0. The van der Waals surface area contributed by atoms with E-state index >= 15 is 0 Å². The number of aryl methyl sites for hydroxylation is 2. The second kappa shape index (κ2) is 19.8. The fraction of sp³-hybridized carbons (Fsp3) is 0.438. The zero-order chi connectivity index (χ0) is 25.7. The van der Waals surface area contributed by atoms with Crippen molar-refractivity contribution in [3.8, 4) is 0 Å². The van der Waals surface area contributed by atoms with E-state index in [9.17, 15) is 0 Å². The molecule has 0 N–H and O–H groups in total. The first-order valence-electron chi connectivity index (χ1n) is 12.8. The number of nitrogens with zero attached hydrogens (tertiary/aromatic N) is 2. The van der Waals surface area contributed by atoms with E-state index in [2.05, 4.69) is 104 Å². The number of unbranched alkanes of at least 4 members (excludes halogenated alkanes) is 3. The van der Waals surface area contributed by atoms with Crippen molar-refractivity contribution in [2.24, 2.45) is 0 Å². The molecule has 0 bridgehead atoms. The van der Waals surface area contributed by atoms with Crippen LogP contribution in [0.25, 0.3) is 11.1 Å². The molecule has 0 aliphatic heterocycles. The molecule has 0 radical (unpaired) electrons. The standard InChI is InChI=1S/C30H38N2.2CH3.Ni/c1-4-7-10-15-26-16-12-13-18-29(26)30(27(23-24-32-31)17-11-8-5-2)28-21-19-25(20-22-28)14-9-6-3;;;/h4,7,12-13,16,18-23H,5-6,8-11,14-15,17H2,1-3H3;2*1H3;. The Hall–Kier alpha value is -2.43. The molecule has 2 aromatic carbocycles. The van der Waals surface area contributed by atoms with E-state index in [1.807, 2.05) is 6.08 Å². The van der Waals surface area contributed by atoms with Crippen LogP contribution in [0.5, 0.6) is 0 Å². The van der Waals surface area contributed by atoms with Gasteiger partial charge in [0.25, 0.3) is 5.87 Å². The van der Waals surface area contributed by atoms with Crippen LogP contribution in [-0.4, -0.2) is 10.7 Å². The molecule has 0 heterocycles. The van der Waals surface area contributed by atoms with E-state index in [-0.39, 0.29) is 0 Å². The van der Waals surface area contributed by atoms with Crippen molar-refractivity contribution < 1.29 is 19.2 Å². The summed E-state index contributed by atoms with van der Waals surface area (Å²) in [5.41, 5.74) is 16.7. The van der Waals surface area contributed by atoms with Gasteiger partial charge in [-0.25, -0.2) is 0 Å². The SMILES string of the molecule is CC=CCCc1ccccc1C(=C(C=C=[N+]=[N-])CCCCC)c1ccc(CCCC)cc1.[CH3][Ni][CH3]. The number of hydrogen-bond donors (Lipinski definition) is 0. The maximum atomic E-state index is 9.08. The number of hydrogen-bond acceptors (Lipinski definition) is 0. The van der Waals surface area contributed by atoms with Gasteiger partial charge >= 0.3 is 26.2 Å². The van der Waals surface area contributed by atoms with Crippen LogP contribution < -0.4 is 0 Å². The van der Waals surface area contributed by atoms with Crippen molar-refractivity contribution in [1.82, 2.24) is 0 Å². The molecular weight excluding hydrogens is 471 g/mol. The summed E-state index contributed by atoms with van der Waals surface area (Å²) in [5, 5.41) is 0. The van der Waals surface area contributed by atoms with Gasteiger partial charge in [0.1, 0.15) is 0 Å². The van der Waals surface area contributed by atoms with Crippen molar-refractivity contribution >= 4 is 11.4 Å². The summed E-state index contributed by atoms with van der Waals surface area (Å²) < 4.78 is 0. The Labute approximate surface area is 220 Å². The molecule has 0 saturated heterocycles. The summed E-state index contributed by atoms with van der Waals surface area (Å²) >= 11 is 1.62. The van der Waals surface area contributed by atoms with Crippen molar-refractivity contribution in [3.63, 3.8) is 0 Å². The first kappa shape index (κ1) is 30.6. The van der Waals surface area contributed by atoms with E-state index in [1.165, 1.54) is 59.1 Å². The quantitative estimate of drug-likeness (QED) is 0.0485. The van der Waals surface area contributed by atoms with Crippen LogP contribution in [0.2, 0.25) is 11.8 Å². The Morgan fingerprint density at radius 2 is 1.63 bits per heavy atom. The van der Waals surface area contributed by atoms with Crippen molar-refractivity contribution in [3.05, 3.63) is 100 Å². The van der Waals surface area contributed by atoms with Gasteiger partial charge in [-0.2, -0.15) is 0 Å². The molecule has 0 atom stereocenters. The molecule has 2 rings (SSSR count). The number of rotatable bonds is 13. The Morgan fingerprint density at radius 3 is 2.26 bits per heavy atom. The summed E-state index contributed by atoms with van der Waals surface area (Å²) in [5.74, 6) is 6.82. The van der Waals surface area contributed by atoms with Crippen LogP contribution in [0.3, 0.4) is 0 Å². The molecule has 0 aliphatic rings. The number of allylic oxidation sites excluding steroid dienone is 4. The Bertz CT molecular complexity index is 988. The normalized spacial score (nSPS) is 11.3. The fourth-order valence-electron chi connectivity index (χ4n) is 4.06. The zero-order valence-electron chi connectivity index (χ0n) is 22.4. The third-order valence-corrected chi connectivity index (χ3v) is 5.83. The van der Waals surface area contributed by atoms with Crippen LogP contribution in [0, 0.1) is 0 Å². The van der Waals surface area contributed by atoms with Gasteiger partial charge in [-0.3, -0.25) is 0 Å². The first-order valence-corrected chi connectivity index (χ1v) is 14.8. The van der Waals surface area contributed by atoms with E-state index in [4.69, 9.17) is 5.53 Å². The van der Waals surface area contributed by atoms with Crippen molar-refractivity contribution in [2.75, 3.05) is 0 Å². The van der Waals surface area contributed by atoms with Crippen molar-refractivity contribution in [1.29, 1.82) is 0 Å². The minimum atomic E-state index is 0.937. The van der Waals surface area contributed by atoms with Crippen LogP contribution in [0.4, 0.5) is 0 Å². The summed E-state index contributed by atoms with van der Waals surface area (Å²) in [4.78, 5) is 3.16. The monoisotopic (exact) mass is 514 g/mol. The van der Waals surface area contributed by atoms with Crippen LogP contribution >= 0.6 is 0 Å². The second-order valence-corrected chi connectivity index (χ2v) is 9.60. The average molecular weight is 515 g/mol. The van der Waals surface area contributed by atoms with Gasteiger partial charge in [0.2, 0.25) is 0 Å². The Kier molecular flexibility index (Phi) is 17.3. The van der Waals surface area contributed by atoms with E-state index in [0.29, 0.717) is 0 Å². The molecular formula is C32H44N2Ni. The molecule has 0 saturated carbocycles. The molecule has 0 unspecified atom stereocenters. The third-order valence-electron chi connectivity index (χ3n) is 5.83. The fourth-order valence-corrected chi connectivity index (χ4v) is 4.06. The van der Waals surface area contributed by atoms with Gasteiger partial charge in [-0.05, 0) is 78.8 Å². The molecule has 0 spiro atoms. The summed E-state index contributed by atoms with van der Waals surface area (Å²) in [6, 6.07) is 17.8. The van der Waals surface area contributed by atoms with Crippen LogP contribution in [0.15, 0.2) is 72.3 Å². The Balaban J connectivity index is 0.00000194. The van der Waals surface area contributed by atoms with Gasteiger partial charge in [-0.1, -0.05) is 93.8 Å². The zero-order valence-corrected chi connectivity index (χ0v) is 23.4. The van der Waals surface area contributed by atoms with Gasteiger partial charge in [-0.15, -0.1) is 4.79 Å². The predicted octanol–water partition coefficient (Wildman–Crippen LogP) is 9.54. The first-order chi connectivity index (χ1) is 17.2. The Morgan fingerprint density at radius 1 is 0.943 bits per heavy atom. The van der Waals surface area contributed by atoms with E-state index < -0.39 is 0 Å². The van der Waals surface area contributed by atoms with E-state index in [1.54, 1.807) is 14.4 Å². The molecule has 2 aromatic rings. The maximum absolute atomic E-state index is 9.08. The molecule has 0 aromatic heterocycles. The minimum absolute atomic E-state index is 0.937. The topological polar surface area (TPSA) is 36.4 Å². The molecule has 0 fully saturated rings. The van der Waals surface area contributed by atoms with Gasteiger partial charge in [0.15, 0.2) is 0 Å². The third kappa shape index (κ3) is 11.7. The summed E-state index contributed by atoms with van der Waals surface area (Å²) in [6.07, 6.45) is 16.2. The molecule has 2 nitrogen and oxygen atoms in total. The number of benzene rings is 2. The van der Waals surface area contributed by atoms with E-state index in [0.717, 1.165) is 32.1 Å². The van der Waals surface area contributed by atoms with Gasteiger partial charge in [0.05, 0.1) is 6.08 Å². The molecule has 0 aliphatic carbocycles. The summed E-state index contributed by atoms with van der Waals surface area (Å²) in [6.45, 7) is 6.53. The van der Waals surface area contributed by atoms with Crippen LogP contribution in [-0.2, 0) is 27.3 Å². The second-order valence-electron chi connectivity index (χ2n) is 8.61. The van der Waals surface area contributed by atoms with Gasteiger partial charge in [0, 0.05) is 0 Å². The predicted molar refractivity (Wildman–Crippen MR) is 150 cm³/mol. The average Bonchev–Trinajstić information content (AvgIpc) is 2.88. The molecule has 3 heteroatoms.